The Hall–Kier alpha value is -5.14. The average Bonchev–Trinajstić information content (AvgIpc) is 3.18. The van der Waals surface area contributed by atoms with E-state index < -0.39 is 6.10 Å². The summed E-state index contributed by atoms with van der Waals surface area (Å²) < 4.78 is 7.69. The lowest BCUT2D eigenvalue weighted by molar-refractivity contribution is -0.138. The van der Waals surface area contributed by atoms with Crippen LogP contribution < -0.4 is 25.4 Å². The van der Waals surface area contributed by atoms with Crippen molar-refractivity contribution in [1.82, 2.24) is 14.8 Å². The number of nitriles is 1. The number of anilines is 3. The first kappa shape index (κ1) is 34.9. The summed E-state index contributed by atoms with van der Waals surface area (Å²) in [6.07, 6.45) is 6.61. The Bertz CT molecular complexity index is 2140. The number of nitrogens with zero attached hydrogens (tertiary/aromatic N) is 5. The van der Waals surface area contributed by atoms with Crippen LogP contribution in [-0.4, -0.2) is 66.7 Å². The first-order valence-corrected chi connectivity index (χ1v) is 19.3. The van der Waals surface area contributed by atoms with Crippen LogP contribution in [0.5, 0.6) is 5.75 Å². The fraction of sp³-hybridized carbons (Fsp3) is 0.442. The molecule has 0 aliphatic carbocycles. The summed E-state index contributed by atoms with van der Waals surface area (Å²) in [5.41, 5.74) is 8.41. The maximum Gasteiger partial charge on any atom is 0.267 e. The van der Waals surface area contributed by atoms with Gasteiger partial charge in [-0.1, -0.05) is 6.07 Å². The molecule has 0 radical (unpaired) electrons. The van der Waals surface area contributed by atoms with Crippen LogP contribution in [0, 0.1) is 24.2 Å². The number of ether oxygens (including phenoxy) is 1. The van der Waals surface area contributed by atoms with Crippen molar-refractivity contribution in [2.45, 2.75) is 70.3 Å². The summed E-state index contributed by atoms with van der Waals surface area (Å²) in [6, 6.07) is 23.1. The number of aryl methyl sites for hydroxylation is 3. The molecule has 0 bridgehead atoms. The molecule has 0 spiro atoms. The SMILES string of the molecule is Cc1cc2c(N3CCCc4ccc(C#N)cc43)cc(C3CCN(CC4CCN(c5ccc(OC6CCC(=O)NC6=O)cc5)CC4)CC3)cc2n(C)c1=O. The zero-order chi connectivity index (χ0) is 36.6. The van der Waals surface area contributed by atoms with Gasteiger partial charge in [0.05, 0.1) is 22.8 Å². The molecule has 2 amide bonds. The Labute approximate surface area is 310 Å². The maximum absolute atomic E-state index is 13.1. The first-order valence-electron chi connectivity index (χ1n) is 19.3. The smallest absolute Gasteiger partial charge is 0.267 e. The summed E-state index contributed by atoms with van der Waals surface area (Å²) in [5, 5.41) is 13.1. The minimum atomic E-state index is -0.624. The number of likely N-dealkylation sites (tertiary alicyclic amines) is 1. The van der Waals surface area contributed by atoms with Crippen molar-refractivity contribution in [2.75, 3.05) is 49.1 Å². The number of carbonyl (C=O) groups excluding carboxylic acids is 2. The van der Waals surface area contributed by atoms with Crippen LogP contribution in [0.4, 0.5) is 17.1 Å². The van der Waals surface area contributed by atoms with Crippen LogP contribution >= 0.6 is 0 Å². The Morgan fingerprint density at radius 1 is 0.849 bits per heavy atom. The van der Waals surface area contributed by atoms with E-state index in [0.29, 0.717) is 36.0 Å². The van der Waals surface area contributed by atoms with Crippen molar-refractivity contribution in [3.8, 4) is 11.8 Å². The van der Waals surface area contributed by atoms with Crippen molar-refractivity contribution in [1.29, 1.82) is 5.26 Å². The molecule has 10 heteroatoms. The van der Waals surface area contributed by atoms with Crippen molar-refractivity contribution in [3.05, 3.63) is 93.3 Å². The predicted molar refractivity (Wildman–Crippen MR) is 207 cm³/mol. The van der Waals surface area contributed by atoms with Crippen molar-refractivity contribution < 1.29 is 14.3 Å². The Morgan fingerprint density at radius 2 is 1.62 bits per heavy atom. The van der Waals surface area contributed by atoms with E-state index in [1.807, 2.05) is 42.8 Å². The van der Waals surface area contributed by atoms with Gasteiger partial charge in [-0.15, -0.1) is 0 Å². The second kappa shape index (κ2) is 14.7. The Balaban J connectivity index is 0.909. The third-order valence-corrected chi connectivity index (χ3v) is 12.0. The fourth-order valence-corrected chi connectivity index (χ4v) is 8.95. The molecule has 3 aromatic carbocycles. The van der Waals surface area contributed by atoms with Crippen molar-refractivity contribution in [2.24, 2.45) is 13.0 Å². The minimum Gasteiger partial charge on any atom is -0.481 e. The molecule has 1 N–H and O–H groups in total. The van der Waals surface area contributed by atoms with Gasteiger partial charge in [0.15, 0.2) is 6.10 Å². The average molecular weight is 713 g/mol. The van der Waals surface area contributed by atoms with Crippen molar-refractivity contribution >= 4 is 39.8 Å². The van der Waals surface area contributed by atoms with Gasteiger partial charge in [-0.25, -0.2) is 0 Å². The minimum absolute atomic E-state index is 0.0445. The van der Waals surface area contributed by atoms with Gasteiger partial charge < -0.3 is 24.0 Å². The largest absolute Gasteiger partial charge is 0.481 e. The van der Waals surface area contributed by atoms with Gasteiger partial charge in [-0.05, 0) is 136 Å². The summed E-state index contributed by atoms with van der Waals surface area (Å²) in [4.78, 5) is 44.2. The van der Waals surface area contributed by atoms with Crippen LogP contribution in [0.2, 0.25) is 0 Å². The highest BCUT2D eigenvalue weighted by molar-refractivity contribution is 6.00. The topological polar surface area (TPSA) is 111 Å². The van der Waals surface area contributed by atoms with E-state index in [1.165, 1.54) is 16.8 Å². The molecule has 1 unspecified atom stereocenters. The molecule has 5 heterocycles. The van der Waals surface area contributed by atoms with Crippen LogP contribution in [0.15, 0.2) is 65.5 Å². The van der Waals surface area contributed by atoms with Gasteiger partial charge in [0, 0.05) is 68.4 Å². The number of pyridine rings is 1. The van der Waals surface area contributed by atoms with Crippen LogP contribution in [0.25, 0.3) is 10.9 Å². The number of amides is 2. The standard InChI is InChI=1S/C43H48N6O4/c1-28-22-36-38(46(2)43(28)52)24-33(25-39(36)49-17-3-4-32-6-5-30(26-44)23-37(32)49)31-15-18-47(19-16-31)27-29-13-20-48(21-14-29)34-7-9-35(10-8-34)53-40-11-12-41(50)45-42(40)51/h5-10,22-25,29,31,40H,3-4,11-21,27H2,1-2H3,(H,45,50,51). The number of carbonyl (C=O) groups is 2. The van der Waals surface area contributed by atoms with E-state index in [4.69, 9.17) is 4.74 Å². The van der Waals surface area contributed by atoms with Gasteiger partial charge >= 0.3 is 0 Å². The zero-order valence-electron chi connectivity index (χ0n) is 30.8. The third-order valence-electron chi connectivity index (χ3n) is 12.0. The van der Waals surface area contributed by atoms with Crippen LogP contribution in [0.1, 0.15) is 73.1 Å². The molecule has 1 atom stereocenters. The monoisotopic (exact) mass is 712 g/mol. The molecule has 274 valence electrons. The molecule has 4 aliphatic heterocycles. The van der Waals surface area contributed by atoms with E-state index in [0.717, 1.165) is 106 Å². The molecule has 10 nitrogen and oxygen atoms in total. The number of benzene rings is 3. The highest BCUT2D eigenvalue weighted by atomic mass is 16.5. The first-order chi connectivity index (χ1) is 25.7. The van der Waals surface area contributed by atoms with Gasteiger partial charge in [0.1, 0.15) is 5.75 Å². The molecule has 3 fully saturated rings. The number of nitrogens with one attached hydrogen (secondary N) is 1. The number of rotatable bonds is 7. The normalized spacial score (nSPS) is 20.3. The number of aromatic nitrogens is 1. The second-order valence-electron chi connectivity index (χ2n) is 15.4. The molecular formula is C43H48N6O4. The number of hydrogen-bond acceptors (Lipinski definition) is 8. The Morgan fingerprint density at radius 3 is 2.36 bits per heavy atom. The lowest BCUT2D eigenvalue weighted by Gasteiger charge is -2.39. The van der Waals surface area contributed by atoms with Crippen LogP contribution in [0.3, 0.4) is 0 Å². The van der Waals surface area contributed by atoms with E-state index in [-0.39, 0.29) is 17.4 Å². The van der Waals surface area contributed by atoms with E-state index in [2.05, 4.69) is 62.5 Å². The predicted octanol–water partition coefficient (Wildman–Crippen LogP) is 6.08. The highest BCUT2D eigenvalue weighted by Crippen LogP contribution is 2.41. The fourth-order valence-electron chi connectivity index (χ4n) is 8.95. The Kier molecular flexibility index (Phi) is 9.69. The number of fused-ring (bicyclic) bond motifs is 2. The van der Waals surface area contributed by atoms with E-state index in [1.54, 1.807) is 0 Å². The number of imide groups is 1. The second-order valence-corrected chi connectivity index (χ2v) is 15.4. The molecule has 4 aromatic rings. The highest BCUT2D eigenvalue weighted by Gasteiger charge is 2.30. The van der Waals surface area contributed by atoms with E-state index in [9.17, 15) is 19.6 Å². The zero-order valence-corrected chi connectivity index (χ0v) is 30.8. The summed E-state index contributed by atoms with van der Waals surface area (Å²) >= 11 is 0. The van der Waals surface area contributed by atoms with Gasteiger partial charge in [-0.3, -0.25) is 19.7 Å². The molecule has 8 rings (SSSR count). The number of piperidine rings is 3. The molecule has 4 aliphatic rings. The quantitative estimate of drug-likeness (QED) is 0.230. The molecule has 53 heavy (non-hydrogen) atoms. The molecule has 0 saturated carbocycles. The molecular weight excluding hydrogens is 665 g/mol. The van der Waals surface area contributed by atoms with Crippen molar-refractivity contribution in [3.63, 3.8) is 0 Å². The van der Waals surface area contributed by atoms with Gasteiger partial charge in [0.25, 0.3) is 11.5 Å². The van der Waals surface area contributed by atoms with E-state index >= 15 is 0 Å². The van der Waals surface area contributed by atoms with Crippen LogP contribution in [-0.2, 0) is 23.1 Å². The molecule has 3 saturated heterocycles. The third kappa shape index (κ3) is 7.15. The van der Waals surface area contributed by atoms with Gasteiger partial charge in [-0.2, -0.15) is 5.26 Å². The summed E-state index contributed by atoms with van der Waals surface area (Å²) in [5.74, 6) is 1.13. The lowest BCUT2D eigenvalue weighted by atomic mass is 9.86. The molecule has 1 aromatic heterocycles. The summed E-state index contributed by atoms with van der Waals surface area (Å²) in [6.45, 7) is 8.07. The summed E-state index contributed by atoms with van der Waals surface area (Å²) in [7, 11) is 1.89. The number of hydrogen-bond donors (Lipinski definition) is 1. The lowest BCUT2D eigenvalue weighted by Crippen LogP contribution is -2.46. The van der Waals surface area contributed by atoms with Gasteiger partial charge in [0.2, 0.25) is 5.91 Å². The maximum atomic E-state index is 13.1.